The number of hydrogen-bond donors (Lipinski definition) is 3. The summed E-state index contributed by atoms with van der Waals surface area (Å²) in [5.74, 6) is 1.57. The fourth-order valence-electron chi connectivity index (χ4n) is 8.03. The molecule has 1 spiro atoms. The molecule has 2 aliphatic heterocycles. The van der Waals surface area contributed by atoms with E-state index in [1.807, 2.05) is 0 Å². The number of aromatic nitrogens is 1. The summed E-state index contributed by atoms with van der Waals surface area (Å²) in [4.78, 5) is 6.30. The number of H-pyrrole nitrogens is 1. The maximum atomic E-state index is 12.9. The van der Waals surface area contributed by atoms with E-state index < -0.39 is 11.0 Å². The highest BCUT2D eigenvalue weighted by Gasteiger charge is 2.72. The number of quaternary nitrogens is 1. The lowest BCUT2D eigenvalue weighted by Gasteiger charge is -2.62. The van der Waals surface area contributed by atoms with Gasteiger partial charge in [-0.05, 0) is 61.4 Å². The number of piperidine rings is 1. The lowest BCUT2D eigenvalue weighted by Crippen LogP contribution is -3.00. The number of fused-ring (bicyclic) bond motifs is 4. The molecule has 36 heavy (non-hydrogen) atoms. The number of aromatic amines is 1. The van der Waals surface area contributed by atoms with Crippen LogP contribution in [0.1, 0.15) is 47.8 Å². The third kappa shape index (κ3) is 2.73. The zero-order valence-corrected chi connectivity index (χ0v) is 23.3. The molecule has 0 radical (unpaired) electrons. The summed E-state index contributed by atoms with van der Waals surface area (Å²) in [5, 5.41) is 25.0. The number of nitrogens with zero attached hydrogens (tertiary/aromatic N) is 2. The summed E-state index contributed by atoms with van der Waals surface area (Å²) in [5.41, 5.74) is 5.45. The molecule has 0 amide bonds. The van der Waals surface area contributed by atoms with Crippen LogP contribution >= 0.6 is 0 Å². The van der Waals surface area contributed by atoms with Crippen LogP contribution < -0.4 is 33.2 Å². The number of phenols is 1. The summed E-state index contributed by atoms with van der Waals surface area (Å²) in [7, 11) is 6.56. The van der Waals surface area contributed by atoms with Crippen LogP contribution in [0.4, 0.5) is 5.69 Å². The smallest absolute Gasteiger partial charge is 0.166 e. The Kier molecular flexibility index (Phi) is 4.65. The molecule has 7 heteroatoms. The SMILES string of the molecule is C[N+](C)(C)c1ccc2[nH]c3c(c2c1)C[C@@]1(O)[C@H]2Cc4ccc(O)c5c4[C@@]1(CCN2CC1CC1)[C@H]3O5.[I-]. The van der Waals surface area contributed by atoms with Gasteiger partial charge in [0.1, 0.15) is 5.69 Å². The minimum absolute atomic E-state index is 0. The van der Waals surface area contributed by atoms with Crippen molar-refractivity contribution in [2.75, 3.05) is 34.2 Å². The summed E-state index contributed by atoms with van der Waals surface area (Å²) >= 11 is 0. The summed E-state index contributed by atoms with van der Waals surface area (Å²) in [6.07, 6.45) is 4.58. The van der Waals surface area contributed by atoms with Crippen molar-refractivity contribution in [2.24, 2.45) is 5.92 Å². The number of ether oxygens (including phenoxy) is 1. The molecule has 6 nitrogen and oxygen atoms in total. The first-order chi connectivity index (χ1) is 16.7. The van der Waals surface area contributed by atoms with Gasteiger partial charge < -0.3 is 43.9 Å². The minimum atomic E-state index is -0.939. The van der Waals surface area contributed by atoms with Crippen LogP contribution in [0.5, 0.6) is 11.5 Å². The third-order valence-corrected chi connectivity index (χ3v) is 9.92. The van der Waals surface area contributed by atoms with E-state index in [0.717, 1.165) is 53.1 Å². The molecular formula is C29H34IN3O3. The van der Waals surface area contributed by atoms with Crippen molar-refractivity contribution in [1.29, 1.82) is 0 Å². The quantitative estimate of drug-likeness (QED) is 0.308. The van der Waals surface area contributed by atoms with Crippen molar-refractivity contribution in [3.8, 4) is 11.5 Å². The van der Waals surface area contributed by atoms with Gasteiger partial charge in [-0.15, -0.1) is 0 Å². The molecular weight excluding hydrogens is 565 g/mol. The molecule has 3 heterocycles. The molecule has 3 N–H and O–H groups in total. The highest BCUT2D eigenvalue weighted by molar-refractivity contribution is 5.89. The molecule has 5 aliphatic rings. The molecule has 2 bridgehead atoms. The lowest BCUT2D eigenvalue weighted by molar-refractivity contribution is -0.173. The Hall–Kier alpha value is -1.81. The van der Waals surface area contributed by atoms with Gasteiger partial charge in [-0.3, -0.25) is 9.38 Å². The average Bonchev–Trinajstić information content (AvgIpc) is 3.44. The standard InChI is InChI=1S/C29H33N3O3.HI/c1-32(2,3)18-7-8-21-19(13-18)20-14-29(34)23-12-17-6-9-22(33)26-24(17)28(29,27(35-26)25(20)30-21)10-11-31(23)15-16-4-5-16;/h6-9,13,16,23,27,30,34H,4-5,10-12,14-15H2,1-3H3;1H/t23-,27+,28+,29-;/m1./s1. The second-order valence-corrected chi connectivity index (χ2v) is 12.7. The number of benzene rings is 2. The summed E-state index contributed by atoms with van der Waals surface area (Å²) < 4.78 is 7.43. The molecule has 1 saturated heterocycles. The second-order valence-electron chi connectivity index (χ2n) is 12.7. The van der Waals surface area contributed by atoms with E-state index in [2.05, 4.69) is 55.3 Å². The predicted molar refractivity (Wildman–Crippen MR) is 136 cm³/mol. The Bertz CT molecular complexity index is 1420. The van der Waals surface area contributed by atoms with Crippen molar-refractivity contribution < 1.29 is 38.9 Å². The maximum absolute atomic E-state index is 12.9. The van der Waals surface area contributed by atoms with Crippen LogP contribution in [0.3, 0.4) is 0 Å². The number of hydrogen-bond acceptors (Lipinski definition) is 4. The van der Waals surface area contributed by atoms with Gasteiger partial charge in [-0.1, -0.05) is 6.07 Å². The normalized spacial score (nSPS) is 32.0. The van der Waals surface area contributed by atoms with Crippen LogP contribution in [0.25, 0.3) is 10.9 Å². The van der Waals surface area contributed by atoms with Crippen LogP contribution in [0, 0.1) is 5.92 Å². The molecule has 1 saturated carbocycles. The van der Waals surface area contributed by atoms with E-state index in [4.69, 9.17) is 4.74 Å². The van der Waals surface area contributed by atoms with Crippen molar-refractivity contribution in [3.05, 3.63) is 52.7 Å². The first-order valence-corrected chi connectivity index (χ1v) is 13.2. The third-order valence-electron chi connectivity index (χ3n) is 9.92. The fraction of sp³-hybridized carbons (Fsp3) is 0.517. The Morgan fingerprint density at radius 3 is 2.72 bits per heavy atom. The van der Waals surface area contributed by atoms with Gasteiger partial charge >= 0.3 is 0 Å². The lowest BCUT2D eigenvalue weighted by atomic mass is 9.49. The number of phenolic OH excluding ortho intramolecular Hbond substituents is 1. The minimum Gasteiger partial charge on any atom is -1.00 e. The van der Waals surface area contributed by atoms with E-state index in [9.17, 15) is 10.2 Å². The summed E-state index contributed by atoms with van der Waals surface area (Å²) in [6, 6.07) is 10.6. The van der Waals surface area contributed by atoms with Gasteiger partial charge in [0.2, 0.25) is 0 Å². The zero-order valence-electron chi connectivity index (χ0n) is 21.1. The van der Waals surface area contributed by atoms with E-state index in [0.29, 0.717) is 12.2 Å². The number of halogens is 1. The van der Waals surface area contributed by atoms with Gasteiger partial charge in [-0.2, -0.15) is 0 Å². The van der Waals surface area contributed by atoms with Crippen molar-refractivity contribution in [2.45, 2.75) is 55.3 Å². The molecule has 2 aromatic carbocycles. The molecule has 0 unspecified atom stereocenters. The molecule has 3 aromatic rings. The van der Waals surface area contributed by atoms with Crippen molar-refractivity contribution in [1.82, 2.24) is 14.4 Å². The predicted octanol–water partition coefficient (Wildman–Crippen LogP) is 0.773. The van der Waals surface area contributed by atoms with Crippen LogP contribution in [-0.4, -0.2) is 66.0 Å². The largest absolute Gasteiger partial charge is 1.00 e. The monoisotopic (exact) mass is 599 g/mol. The highest BCUT2D eigenvalue weighted by atomic mass is 127. The van der Waals surface area contributed by atoms with Crippen LogP contribution in [0.15, 0.2) is 30.3 Å². The molecule has 3 aliphatic carbocycles. The Morgan fingerprint density at radius 2 is 1.97 bits per heavy atom. The van der Waals surface area contributed by atoms with E-state index in [1.54, 1.807) is 6.07 Å². The molecule has 190 valence electrons. The maximum Gasteiger partial charge on any atom is 0.166 e. The molecule has 1 aromatic heterocycles. The second kappa shape index (κ2) is 7.18. The number of aliphatic hydroxyl groups is 1. The van der Waals surface area contributed by atoms with Gasteiger partial charge in [0.05, 0.1) is 37.9 Å². The number of aromatic hydroxyl groups is 1. The number of likely N-dealkylation sites (tertiary alicyclic amines) is 1. The van der Waals surface area contributed by atoms with Gasteiger partial charge in [0.25, 0.3) is 0 Å². The fourth-order valence-corrected chi connectivity index (χ4v) is 8.03. The Morgan fingerprint density at radius 1 is 1.17 bits per heavy atom. The summed E-state index contributed by atoms with van der Waals surface area (Å²) in [6.45, 7) is 2.06. The topological polar surface area (TPSA) is 68.7 Å². The van der Waals surface area contributed by atoms with Crippen LogP contribution in [0.2, 0.25) is 0 Å². The van der Waals surface area contributed by atoms with Crippen molar-refractivity contribution in [3.63, 3.8) is 0 Å². The van der Waals surface area contributed by atoms with Crippen molar-refractivity contribution >= 4 is 16.6 Å². The molecule has 4 atom stereocenters. The van der Waals surface area contributed by atoms with E-state index in [1.165, 1.54) is 35.0 Å². The average molecular weight is 600 g/mol. The van der Waals surface area contributed by atoms with Gasteiger partial charge in [0, 0.05) is 47.6 Å². The van der Waals surface area contributed by atoms with Crippen LogP contribution in [-0.2, 0) is 18.3 Å². The van der Waals surface area contributed by atoms with E-state index in [-0.39, 0.29) is 41.9 Å². The Balaban J connectivity index is 0.00000220. The highest BCUT2D eigenvalue weighted by Crippen LogP contribution is 2.69. The Labute approximate surface area is 228 Å². The first kappa shape index (κ1) is 23.3. The van der Waals surface area contributed by atoms with E-state index >= 15 is 0 Å². The molecule has 2 fully saturated rings. The number of nitrogens with one attached hydrogen (secondary N) is 1. The molecule has 8 rings (SSSR count). The van der Waals surface area contributed by atoms with Gasteiger partial charge in [0.15, 0.2) is 17.6 Å². The number of rotatable bonds is 3. The first-order valence-electron chi connectivity index (χ1n) is 13.2. The van der Waals surface area contributed by atoms with Gasteiger partial charge in [-0.25, -0.2) is 0 Å². The zero-order chi connectivity index (χ0) is 23.9.